The summed E-state index contributed by atoms with van der Waals surface area (Å²) in [4.78, 5) is 31.9. The van der Waals surface area contributed by atoms with Crippen LogP contribution in [0.2, 0.25) is 0 Å². The summed E-state index contributed by atoms with van der Waals surface area (Å²) >= 11 is 2.71. The number of carbonyl (C=O) groups excluding carboxylic acids is 1. The molecule has 29 heavy (non-hydrogen) atoms. The quantitative estimate of drug-likeness (QED) is 0.380. The van der Waals surface area contributed by atoms with E-state index >= 15 is 0 Å². The lowest BCUT2D eigenvalue weighted by molar-refractivity contribution is -0.127. The number of fused-ring (bicyclic) bond motifs is 1. The monoisotopic (exact) mass is 431 g/mol. The zero-order valence-electron chi connectivity index (χ0n) is 16.9. The molecule has 0 bridgehead atoms. The molecule has 1 aromatic carbocycles. The van der Waals surface area contributed by atoms with Crippen molar-refractivity contribution in [2.75, 3.05) is 26.5 Å². The van der Waals surface area contributed by atoms with E-state index in [1.165, 1.54) is 23.1 Å². The molecule has 0 N–H and O–H groups in total. The number of thioether (sulfide) groups is 1. The summed E-state index contributed by atoms with van der Waals surface area (Å²) in [6.07, 6.45) is 2.02. The number of rotatable bonds is 9. The summed E-state index contributed by atoms with van der Waals surface area (Å²) in [5.74, 6) is 1.06. The molecule has 0 fully saturated rings. The Bertz CT molecular complexity index is 1030. The smallest absolute Gasteiger partial charge is 0.272 e. The Morgan fingerprint density at radius 3 is 2.72 bits per heavy atom. The highest BCUT2D eigenvalue weighted by Gasteiger charge is 2.16. The Morgan fingerprint density at radius 2 is 2.03 bits per heavy atom. The Morgan fingerprint density at radius 1 is 1.28 bits per heavy atom. The molecule has 0 aliphatic rings. The van der Waals surface area contributed by atoms with Crippen LogP contribution < -0.4 is 10.3 Å². The molecular weight excluding hydrogens is 406 g/mol. The maximum Gasteiger partial charge on any atom is 0.272 e. The normalized spacial score (nSPS) is 11.0. The Labute approximate surface area is 178 Å². The molecule has 8 heteroatoms. The topological polar surface area (TPSA) is 64.4 Å². The molecule has 0 aliphatic carbocycles. The summed E-state index contributed by atoms with van der Waals surface area (Å²) in [5.41, 5.74) is 1.58. The van der Waals surface area contributed by atoms with Gasteiger partial charge >= 0.3 is 0 Å². The molecule has 3 rings (SSSR count). The van der Waals surface area contributed by atoms with Crippen LogP contribution in [0.1, 0.15) is 25.3 Å². The third-order valence-electron chi connectivity index (χ3n) is 4.63. The fraction of sp³-hybridized carbons (Fsp3) is 0.381. The third kappa shape index (κ3) is 5.19. The standard InChI is InChI=1S/C21H25N3O3S2/c1-4-5-11-23(2)18(25)14-29-21-22-17-10-12-28-19(17)20(26)24(21)13-15-6-8-16(27-3)9-7-15/h6-10,12H,4-5,11,13-14H2,1-3H3. The Hall–Kier alpha value is -2.32. The number of hydrogen-bond donors (Lipinski definition) is 0. The molecule has 154 valence electrons. The van der Waals surface area contributed by atoms with Crippen molar-refractivity contribution in [1.29, 1.82) is 0 Å². The summed E-state index contributed by atoms with van der Waals surface area (Å²) in [7, 11) is 3.44. The van der Waals surface area contributed by atoms with Gasteiger partial charge in [0.2, 0.25) is 5.91 Å². The summed E-state index contributed by atoms with van der Waals surface area (Å²) in [6.45, 7) is 3.24. The van der Waals surface area contributed by atoms with Crippen LogP contribution in [0.3, 0.4) is 0 Å². The largest absolute Gasteiger partial charge is 0.497 e. The van der Waals surface area contributed by atoms with E-state index in [-0.39, 0.29) is 17.2 Å². The maximum absolute atomic E-state index is 13.1. The molecule has 1 amide bonds. The van der Waals surface area contributed by atoms with Crippen molar-refractivity contribution >= 4 is 39.2 Å². The number of amides is 1. The van der Waals surface area contributed by atoms with E-state index in [2.05, 4.69) is 11.9 Å². The first-order valence-electron chi connectivity index (χ1n) is 9.51. The van der Waals surface area contributed by atoms with Gasteiger partial charge in [-0.1, -0.05) is 37.2 Å². The van der Waals surface area contributed by atoms with Crippen LogP contribution >= 0.6 is 23.1 Å². The highest BCUT2D eigenvalue weighted by atomic mass is 32.2. The number of thiophene rings is 1. The minimum atomic E-state index is -0.0740. The number of benzene rings is 1. The molecular formula is C21H25N3O3S2. The summed E-state index contributed by atoms with van der Waals surface area (Å²) < 4.78 is 7.49. The van der Waals surface area contributed by atoms with Gasteiger partial charge in [-0.15, -0.1) is 11.3 Å². The van der Waals surface area contributed by atoms with E-state index in [4.69, 9.17) is 4.74 Å². The minimum absolute atomic E-state index is 0.0408. The van der Waals surface area contributed by atoms with Crippen molar-refractivity contribution in [3.05, 3.63) is 51.6 Å². The van der Waals surface area contributed by atoms with Crippen molar-refractivity contribution in [1.82, 2.24) is 14.5 Å². The van der Waals surface area contributed by atoms with E-state index in [1.807, 2.05) is 42.8 Å². The van der Waals surface area contributed by atoms with Gasteiger partial charge in [-0.2, -0.15) is 0 Å². The average molecular weight is 432 g/mol. The molecule has 2 aromatic heterocycles. The second kappa shape index (κ2) is 9.93. The van der Waals surface area contributed by atoms with Gasteiger partial charge < -0.3 is 9.64 Å². The molecule has 0 saturated carbocycles. The van der Waals surface area contributed by atoms with E-state index < -0.39 is 0 Å². The second-order valence-corrected chi connectivity index (χ2v) is 8.58. The molecule has 0 saturated heterocycles. The first-order valence-corrected chi connectivity index (χ1v) is 11.4. The predicted molar refractivity (Wildman–Crippen MR) is 119 cm³/mol. The van der Waals surface area contributed by atoms with Gasteiger partial charge in [-0.25, -0.2) is 4.98 Å². The number of aromatic nitrogens is 2. The fourth-order valence-electron chi connectivity index (χ4n) is 2.84. The Kier molecular flexibility index (Phi) is 7.33. The van der Waals surface area contributed by atoms with Crippen LogP contribution in [0, 0.1) is 0 Å². The highest BCUT2D eigenvalue weighted by Crippen LogP contribution is 2.22. The van der Waals surface area contributed by atoms with E-state index in [1.54, 1.807) is 16.6 Å². The van der Waals surface area contributed by atoms with Gasteiger partial charge in [0.25, 0.3) is 5.56 Å². The first kappa shape index (κ1) is 21.4. The first-order chi connectivity index (χ1) is 14.0. The molecule has 0 unspecified atom stereocenters. The van der Waals surface area contributed by atoms with Crippen LogP contribution in [0.4, 0.5) is 0 Å². The van der Waals surface area contributed by atoms with Crippen LogP contribution in [0.25, 0.3) is 10.2 Å². The lowest BCUT2D eigenvalue weighted by Gasteiger charge is -2.17. The lowest BCUT2D eigenvalue weighted by atomic mass is 10.2. The molecule has 3 aromatic rings. The Balaban J connectivity index is 1.85. The third-order valence-corrected chi connectivity index (χ3v) is 6.48. The molecule has 0 radical (unpaired) electrons. The predicted octanol–water partition coefficient (Wildman–Crippen LogP) is 3.87. The van der Waals surface area contributed by atoms with Gasteiger partial charge in [-0.05, 0) is 35.6 Å². The summed E-state index contributed by atoms with van der Waals surface area (Å²) in [6, 6.07) is 9.45. The summed E-state index contributed by atoms with van der Waals surface area (Å²) in [5, 5.41) is 2.43. The van der Waals surface area contributed by atoms with Gasteiger partial charge in [0.05, 0.1) is 24.9 Å². The second-order valence-electron chi connectivity index (χ2n) is 6.73. The van der Waals surface area contributed by atoms with Gasteiger partial charge in [0.1, 0.15) is 10.4 Å². The van der Waals surface area contributed by atoms with Crippen LogP contribution in [-0.4, -0.2) is 46.8 Å². The van der Waals surface area contributed by atoms with Crippen molar-refractivity contribution in [2.45, 2.75) is 31.5 Å². The van der Waals surface area contributed by atoms with E-state index in [0.29, 0.717) is 21.9 Å². The number of carbonyl (C=O) groups is 1. The van der Waals surface area contributed by atoms with Gasteiger partial charge in [0.15, 0.2) is 5.16 Å². The number of unbranched alkanes of at least 4 members (excludes halogenated alkanes) is 1. The lowest BCUT2D eigenvalue weighted by Crippen LogP contribution is -2.30. The number of methoxy groups -OCH3 is 1. The average Bonchev–Trinajstić information content (AvgIpc) is 3.21. The molecule has 0 atom stereocenters. The van der Waals surface area contributed by atoms with Gasteiger partial charge in [-0.3, -0.25) is 14.2 Å². The van der Waals surface area contributed by atoms with Crippen molar-refractivity contribution in [3.63, 3.8) is 0 Å². The molecule has 0 spiro atoms. The molecule has 6 nitrogen and oxygen atoms in total. The van der Waals surface area contributed by atoms with Gasteiger partial charge in [0, 0.05) is 13.6 Å². The van der Waals surface area contributed by atoms with E-state index in [0.717, 1.165) is 30.7 Å². The minimum Gasteiger partial charge on any atom is -0.497 e. The number of ether oxygens (including phenoxy) is 1. The van der Waals surface area contributed by atoms with Crippen LogP contribution in [0.5, 0.6) is 5.75 Å². The van der Waals surface area contributed by atoms with E-state index in [9.17, 15) is 9.59 Å². The van der Waals surface area contributed by atoms with Crippen molar-refractivity contribution in [2.24, 2.45) is 0 Å². The number of hydrogen-bond acceptors (Lipinski definition) is 6. The fourth-order valence-corrected chi connectivity index (χ4v) is 4.56. The van der Waals surface area contributed by atoms with Crippen LogP contribution in [-0.2, 0) is 11.3 Å². The van der Waals surface area contributed by atoms with Crippen molar-refractivity contribution < 1.29 is 9.53 Å². The molecule has 0 aliphatic heterocycles. The molecule has 2 heterocycles. The number of nitrogens with zero attached hydrogens (tertiary/aromatic N) is 3. The highest BCUT2D eigenvalue weighted by molar-refractivity contribution is 7.99. The maximum atomic E-state index is 13.1. The SMILES string of the molecule is CCCCN(C)C(=O)CSc1nc2ccsc2c(=O)n1Cc1ccc(OC)cc1. The zero-order valence-corrected chi connectivity index (χ0v) is 18.5. The van der Waals surface area contributed by atoms with Crippen molar-refractivity contribution in [3.8, 4) is 5.75 Å². The van der Waals surface area contributed by atoms with Crippen LogP contribution in [0.15, 0.2) is 45.7 Å². The zero-order chi connectivity index (χ0) is 20.8.